The Kier molecular flexibility index (Phi) is 38.8. The molecule has 14 nitrogen and oxygen atoms in total. The minimum atomic E-state index is -4.88. The Morgan fingerprint density at radius 2 is 1.00 bits per heavy atom. The van der Waals surface area contributed by atoms with Gasteiger partial charge in [-0.1, -0.05) is 143 Å². The standard InChI is InChI=1S/C46H76O14P2/c1-3-5-7-8-9-10-11-12-13-14-15-16-19-22-25-28-32-36-45(49)56-40-44(41-59-62(54,55)58-39-43(48)38-57-61(51,52)53)60-46(50)37-33-29-26-23-20-17-18-21-24-27-31-35-42(47)34-30-6-4-2/h9-10,12-13,15-18,22-27,31,35,42-44,47-48H,3-8,11,14,19-21,28-30,32-34,36-41H2,1-2H3,(H,54,55)(H2,51,52,53)/b10-9-,13-12-,16-15-,18-17-,25-22-,26-23-,27-24-,35-31+/t42-,43-,44+/m0/s1. The van der Waals surface area contributed by atoms with E-state index in [0.29, 0.717) is 25.7 Å². The lowest BCUT2D eigenvalue weighted by atomic mass is 10.1. The third-order valence-electron chi connectivity index (χ3n) is 8.54. The van der Waals surface area contributed by atoms with Crippen LogP contribution in [-0.2, 0) is 41.8 Å². The highest BCUT2D eigenvalue weighted by Gasteiger charge is 2.28. The summed E-state index contributed by atoms with van der Waals surface area (Å²) in [6, 6.07) is 0. The molecule has 0 heterocycles. The molecule has 0 aliphatic carbocycles. The monoisotopic (exact) mass is 914 g/mol. The molecule has 0 amide bonds. The van der Waals surface area contributed by atoms with Gasteiger partial charge in [0.2, 0.25) is 0 Å². The van der Waals surface area contributed by atoms with Gasteiger partial charge in [0.25, 0.3) is 0 Å². The molecule has 0 saturated carbocycles. The van der Waals surface area contributed by atoms with Gasteiger partial charge in [0.15, 0.2) is 6.10 Å². The molecule has 0 aromatic carbocycles. The number of carbonyl (C=O) groups is 2. The molecule has 0 rings (SSSR count). The summed E-state index contributed by atoms with van der Waals surface area (Å²) in [6.45, 7) is 1.45. The molecule has 0 aromatic rings. The van der Waals surface area contributed by atoms with Crippen molar-refractivity contribution in [2.45, 2.75) is 154 Å². The molecule has 0 aliphatic rings. The average molecular weight is 915 g/mol. The van der Waals surface area contributed by atoms with Crippen LogP contribution < -0.4 is 0 Å². The van der Waals surface area contributed by atoms with E-state index in [0.717, 1.165) is 64.2 Å². The predicted octanol–water partition coefficient (Wildman–Crippen LogP) is 10.3. The molecule has 62 heavy (non-hydrogen) atoms. The minimum Gasteiger partial charge on any atom is -0.462 e. The number of phosphoric acid groups is 2. The molecule has 354 valence electrons. The first-order valence-corrected chi connectivity index (χ1v) is 25.1. The Morgan fingerprint density at radius 1 is 0.532 bits per heavy atom. The maximum absolute atomic E-state index is 12.6. The molecule has 0 fully saturated rings. The summed E-state index contributed by atoms with van der Waals surface area (Å²) >= 11 is 0. The Balaban J connectivity index is 4.76. The molecule has 5 N–H and O–H groups in total. The Bertz CT molecular complexity index is 1480. The quantitative estimate of drug-likeness (QED) is 0.0127. The summed E-state index contributed by atoms with van der Waals surface area (Å²) in [5.74, 6) is -1.20. The lowest BCUT2D eigenvalue weighted by Crippen LogP contribution is -2.29. The number of unbranched alkanes of at least 4 members (excludes halogenated alkanes) is 7. The van der Waals surface area contributed by atoms with E-state index < -0.39 is 72.3 Å². The highest BCUT2D eigenvalue weighted by molar-refractivity contribution is 7.47. The van der Waals surface area contributed by atoms with Crippen molar-refractivity contribution in [1.82, 2.24) is 0 Å². The second-order valence-corrected chi connectivity index (χ2v) is 17.2. The summed E-state index contributed by atoms with van der Waals surface area (Å²) < 4.78 is 47.6. The van der Waals surface area contributed by atoms with Crippen LogP contribution >= 0.6 is 15.6 Å². The smallest absolute Gasteiger partial charge is 0.462 e. The fourth-order valence-corrected chi connectivity index (χ4v) is 6.30. The number of aliphatic hydroxyl groups is 2. The number of phosphoric ester groups is 2. The van der Waals surface area contributed by atoms with Crippen molar-refractivity contribution >= 4 is 27.6 Å². The normalized spacial score (nSPS) is 15.4. The molecule has 0 radical (unpaired) electrons. The number of ether oxygens (including phenoxy) is 2. The summed E-state index contributed by atoms with van der Waals surface area (Å²) in [6.07, 6.45) is 44.5. The second kappa shape index (κ2) is 40.8. The van der Waals surface area contributed by atoms with Crippen LogP contribution in [0.4, 0.5) is 0 Å². The van der Waals surface area contributed by atoms with Gasteiger partial charge in [0.05, 0.1) is 25.9 Å². The molecule has 16 heteroatoms. The van der Waals surface area contributed by atoms with Crippen molar-refractivity contribution in [3.63, 3.8) is 0 Å². The zero-order valence-corrected chi connectivity index (χ0v) is 38.8. The fourth-order valence-electron chi connectivity index (χ4n) is 5.15. The SMILES string of the molecule is CCCCC/C=C\C/C=C\C/C=C\C/C=C\CCCC(=O)OC[C@H](COP(=O)(O)OC[C@@H](O)COP(=O)(O)O)OC(=O)CCC/C=C\C/C=C\C/C=C\C=C\[C@@H](O)CCCCC. The lowest BCUT2D eigenvalue weighted by Gasteiger charge is -2.20. The molecule has 0 spiro atoms. The number of aliphatic hydroxyl groups excluding tert-OH is 2. The van der Waals surface area contributed by atoms with E-state index >= 15 is 0 Å². The third-order valence-corrected chi connectivity index (χ3v) is 9.98. The first-order chi connectivity index (χ1) is 29.8. The molecule has 0 bridgehead atoms. The molecule has 0 aliphatic heterocycles. The van der Waals surface area contributed by atoms with Gasteiger partial charge in [-0.15, -0.1) is 0 Å². The Labute approximate surface area is 371 Å². The van der Waals surface area contributed by atoms with Gasteiger partial charge in [-0.3, -0.25) is 23.2 Å². The van der Waals surface area contributed by atoms with Gasteiger partial charge in [0, 0.05) is 12.8 Å². The summed E-state index contributed by atoms with van der Waals surface area (Å²) in [7, 11) is -9.74. The van der Waals surface area contributed by atoms with Crippen LogP contribution in [0.25, 0.3) is 0 Å². The summed E-state index contributed by atoms with van der Waals surface area (Å²) in [5, 5.41) is 19.6. The maximum Gasteiger partial charge on any atom is 0.472 e. The number of hydrogen-bond donors (Lipinski definition) is 5. The highest BCUT2D eigenvalue weighted by atomic mass is 31.2. The molecular formula is C46H76O14P2. The van der Waals surface area contributed by atoms with E-state index in [4.69, 9.17) is 23.8 Å². The van der Waals surface area contributed by atoms with E-state index in [1.807, 2.05) is 54.7 Å². The van der Waals surface area contributed by atoms with E-state index in [2.05, 4.69) is 59.4 Å². The highest BCUT2D eigenvalue weighted by Crippen LogP contribution is 2.43. The first kappa shape index (κ1) is 59.0. The van der Waals surface area contributed by atoms with Crippen molar-refractivity contribution < 1.29 is 66.7 Å². The van der Waals surface area contributed by atoms with E-state index in [-0.39, 0.29) is 12.8 Å². The predicted molar refractivity (Wildman–Crippen MR) is 245 cm³/mol. The molecule has 4 atom stereocenters. The fraction of sp³-hybridized carbons (Fsp3) is 0.609. The average Bonchev–Trinajstić information content (AvgIpc) is 3.23. The minimum absolute atomic E-state index is 0.0182. The van der Waals surface area contributed by atoms with Crippen LogP contribution in [0.15, 0.2) is 97.2 Å². The van der Waals surface area contributed by atoms with Gasteiger partial charge < -0.3 is 34.4 Å². The van der Waals surface area contributed by atoms with Crippen LogP contribution in [0.1, 0.15) is 136 Å². The molecule has 1 unspecified atom stereocenters. The van der Waals surface area contributed by atoms with Crippen LogP contribution in [0.2, 0.25) is 0 Å². The van der Waals surface area contributed by atoms with Crippen molar-refractivity contribution in [2.75, 3.05) is 26.4 Å². The van der Waals surface area contributed by atoms with Crippen molar-refractivity contribution in [3.8, 4) is 0 Å². The number of esters is 2. The van der Waals surface area contributed by atoms with Crippen LogP contribution in [0.3, 0.4) is 0 Å². The number of carbonyl (C=O) groups excluding carboxylic acids is 2. The van der Waals surface area contributed by atoms with Crippen molar-refractivity contribution in [2.24, 2.45) is 0 Å². The van der Waals surface area contributed by atoms with Gasteiger partial charge in [-0.2, -0.15) is 0 Å². The van der Waals surface area contributed by atoms with Gasteiger partial charge in [-0.05, 0) is 77.0 Å². The lowest BCUT2D eigenvalue weighted by molar-refractivity contribution is -0.161. The van der Waals surface area contributed by atoms with E-state index in [9.17, 15) is 33.8 Å². The van der Waals surface area contributed by atoms with Gasteiger partial charge in [0.1, 0.15) is 12.7 Å². The van der Waals surface area contributed by atoms with E-state index in [1.165, 1.54) is 19.3 Å². The van der Waals surface area contributed by atoms with Crippen molar-refractivity contribution in [1.29, 1.82) is 0 Å². The number of hydrogen-bond acceptors (Lipinski definition) is 11. The van der Waals surface area contributed by atoms with Gasteiger partial charge in [-0.25, -0.2) is 9.13 Å². The zero-order valence-electron chi connectivity index (χ0n) is 37.0. The molecule has 0 aromatic heterocycles. The largest absolute Gasteiger partial charge is 0.472 e. The van der Waals surface area contributed by atoms with Crippen molar-refractivity contribution in [3.05, 3.63) is 97.2 Å². The summed E-state index contributed by atoms with van der Waals surface area (Å²) in [4.78, 5) is 52.7. The molecule has 0 saturated heterocycles. The topological polar surface area (TPSA) is 216 Å². The molecular weight excluding hydrogens is 838 g/mol. The van der Waals surface area contributed by atoms with Crippen LogP contribution in [-0.4, -0.2) is 81.6 Å². The number of rotatable bonds is 40. The second-order valence-electron chi connectivity index (χ2n) is 14.5. The Morgan fingerprint density at radius 3 is 1.55 bits per heavy atom. The van der Waals surface area contributed by atoms with Gasteiger partial charge >= 0.3 is 27.6 Å². The zero-order chi connectivity index (χ0) is 46.0. The third kappa shape index (κ3) is 43.6. The Hall–Kier alpha value is -3.00. The summed E-state index contributed by atoms with van der Waals surface area (Å²) in [5.41, 5.74) is 0. The van der Waals surface area contributed by atoms with Crippen LogP contribution in [0.5, 0.6) is 0 Å². The number of allylic oxidation sites excluding steroid dienone is 15. The maximum atomic E-state index is 12.6. The van der Waals surface area contributed by atoms with E-state index in [1.54, 1.807) is 6.08 Å². The van der Waals surface area contributed by atoms with Crippen LogP contribution in [0, 0.1) is 0 Å². The first-order valence-electron chi connectivity index (χ1n) is 22.0.